The van der Waals surface area contributed by atoms with E-state index in [1.807, 2.05) is 0 Å². The predicted octanol–water partition coefficient (Wildman–Crippen LogP) is 2.33. The highest BCUT2D eigenvalue weighted by atomic mass is 35.5. The summed E-state index contributed by atoms with van der Waals surface area (Å²) >= 11 is 6.36. The summed E-state index contributed by atoms with van der Waals surface area (Å²) in [5, 5.41) is 11.5. The zero-order chi connectivity index (χ0) is 28.9. The molecule has 37 heavy (non-hydrogen) atoms. The van der Waals surface area contributed by atoms with Crippen LogP contribution in [0.2, 0.25) is 5.02 Å². The van der Waals surface area contributed by atoms with Crippen molar-refractivity contribution in [3.05, 3.63) is 91.6 Å². The highest BCUT2D eigenvalue weighted by Gasteiger charge is 2.20. The van der Waals surface area contributed by atoms with E-state index in [1.165, 1.54) is 6.07 Å². The van der Waals surface area contributed by atoms with Gasteiger partial charge in [0.1, 0.15) is 23.8 Å². The molecule has 2 aromatic carbocycles. The van der Waals surface area contributed by atoms with Crippen molar-refractivity contribution in [2.75, 3.05) is 5.32 Å². The van der Waals surface area contributed by atoms with Gasteiger partial charge < -0.3 is 5.32 Å². The van der Waals surface area contributed by atoms with Crippen molar-refractivity contribution in [1.82, 2.24) is 38.7 Å². The summed E-state index contributed by atoms with van der Waals surface area (Å²) in [7, 11) is 1.70. The van der Waals surface area contributed by atoms with Gasteiger partial charge in [-0.15, -0.1) is 0 Å². The molecule has 0 atom stereocenters. The van der Waals surface area contributed by atoms with Gasteiger partial charge in [-0.1, -0.05) is 11.6 Å². The Bertz CT molecular complexity index is 1880. The molecule has 0 aliphatic rings. The second kappa shape index (κ2) is 9.20. The Morgan fingerprint density at radius 1 is 1.03 bits per heavy atom. The van der Waals surface area contributed by atoms with Crippen LogP contribution in [0.5, 0.6) is 0 Å². The summed E-state index contributed by atoms with van der Waals surface area (Å²) in [6.07, 6.45) is 2.58. The Hall–Kier alpha value is -4.46. The van der Waals surface area contributed by atoms with Crippen LogP contribution >= 0.6 is 11.6 Å². The van der Waals surface area contributed by atoms with Crippen molar-refractivity contribution < 1.29 is 17.3 Å². The number of hydrogen-bond donors (Lipinski definition) is 1. The Morgan fingerprint density at radius 3 is 2.49 bits per heavy atom. The number of anilines is 2. The van der Waals surface area contributed by atoms with E-state index in [9.17, 15) is 22.8 Å². The van der Waals surface area contributed by atoms with Crippen LogP contribution in [0.3, 0.4) is 0 Å². The fourth-order valence-electron chi connectivity index (χ4n) is 3.68. The number of aromatic nitrogens is 8. The van der Waals surface area contributed by atoms with Crippen molar-refractivity contribution in [1.29, 1.82) is 0 Å². The first kappa shape index (κ1) is 20.7. The van der Waals surface area contributed by atoms with Crippen molar-refractivity contribution in [3.8, 4) is 0 Å². The monoisotopic (exact) mass is 534 g/mol. The molecule has 5 aromatic rings. The summed E-state index contributed by atoms with van der Waals surface area (Å²) < 4.78 is 68.2. The number of rotatable bonds is 6. The number of aryl methyl sites for hydroxylation is 2. The third-order valence-corrected chi connectivity index (χ3v) is 5.68. The highest BCUT2D eigenvalue weighted by molar-refractivity contribution is 6.34. The predicted molar refractivity (Wildman–Crippen MR) is 127 cm³/mol. The van der Waals surface area contributed by atoms with Gasteiger partial charge in [-0.3, -0.25) is 13.9 Å². The van der Waals surface area contributed by atoms with Crippen LogP contribution in [0.25, 0.3) is 10.9 Å². The zero-order valence-electron chi connectivity index (χ0n) is 21.8. The highest BCUT2D eigenvalue weighted by Crippen LogP contribution is 2.29. The molecule has 0 saturated heterocycles. The summed E-state index contributed by atoms with van der Waals surface area (Å²) in [6, 6.07) is 3.98. The second-order valence-corrected chi connectivity index (χ2v) is 8.35. The van der Waals surface area contributed by atoms with Crippen LogP contribution in [0.1, 0.15) is 15.5 Å². The minimum Gasteiger partial charge on any atom is -0.324 e. The molecular weight excluding hydrogens is 515 g/mol. The lowest BCUT2D eigenvalue weighted by atomic mass is 10.2. The average Bonchev–Trinajstić information content (AvgIpc) is 3.46. The molecule has 0 unspecified atom stereocenters. The van der Waals surface area contributed by atoms with E-state index in [0.29, 0.717) is 32.3 Å². The molecular formula is C22H17ClF3N9O2. The Kier molecular flexibility index (Phi) is 5.15. The number of fused-ring (bicyclic) bond motifs is 1. The van der Waals surface area contributed by atoms with Crippen molar-refractivity contribution in [2.45, 2.75) is 13.1 Å². The fraction of sp³-hybridized carbons (Fsp3) is 0.182. The summed E-state index contributed by atoms with van der Waals surface area (Å²) in [5.74, 6) is -4.36. The van der Waals surface area contributed by atoms with E-state index >= 15 is 0 Å². The number of nitrogens with zero attached hydrogens (tertiary/aromatic N) is 8. The maximum absolute atomic E-state index is 14.6. The van der Waals surface area contributed by atoms with E-state index in [-0.39, 0.29) is 16.5 Å². The van der Waals surface area contributed by atoms with Crippen LogP contribution in [0, 0.1) is 17.5 Å². The van der Waals surface area contributed by atoms with E-state index in [4.69, 9.17) is 15.7 Å². The lowest BCUT2D eigenvalue weighted by molar-refractivity contribution is 0.504. The first-order chi connectivity index (χ1) is 18.8. The molecule has 1 N–H and O–H groups in total. The molecule has 0 fully saturated rings. The van der Waals surface area contributed by atoms with E-state index in [1.54, 1.807) is 24.0 Å². The molecule has 11 nitrogen and oxygen atoms in total. The van der Waals surface area contributed by atoms with E-state index in [0.717, 1.165) is 10.9 Å². The first-order valence-electron chi connectivity index (χ1n) is 12.0. The lowest BCUT2D eigenvalue weighted by Gasteiger charge is -2.16. The Balaban J connectivity index is 1.63. The molecule has 0 aliphatic carbocycles. The van der Waals surface area contributed by atoms with Gasteiger partial charge >= 0.3 is 11.4 Å². The maximum atomic E-state index is 14.6. The molecule has 0 radical (unpaired) electrons. The Morgan fingerprint density at radius 2 is 1.78 bits per heavy atom. The van der Waals surface area contributed by atoms with E-state index in [2.05, 4.69) is 25.5 Å². The molecule has 3 heterocycles. The molecule has 15 heteroatoms. The molecule has 190 valence electrons. The average molecular weight is 535 g/mol. The SMILES string of the molecule is [2H]C([2H])([2H])n1cnc(Cn2c(=O)nc(Nc3cc4cn(C)nc4cc3Cl)n(Cc3c(F)cc(F)cc3F)c2=O)n1. The fourth-order valence-corrected chi connectivity index (χ4v) is 3.89. The topological polar surface area (TPSA) is 117 Å². The van der Waals surface area contributed by atoms with Crippen LogP contribution in [0.4, 0.5) is 24.8 Å². The van der Waals surface area contributed by atoms with Crippen LogP contribution < -0.4 is 16.7 Å². The molecule has 5 rings (SSSR count). The number of nitrogens with one attached hydrogen (secondary N) is 1. The third-order valence-electron chi connectivity index (χ3n) is 5.37. The van der Waals surface area contributed by atoms with Crippen LogP contribution in [-0.4, -0.2) is 38.7 Å². The van der Waals surface area contributed by atoms with E-state index < -0.39 is 60.4 Å². The molecule has 0 bridgehead atoms. The molecule has 0 amide bonds. The quantitative estimate of drug-likeness (QED) is 0.355. The van der Waals surface area contributed by atoms with Gasteiger partial charge in [0.2, 0.25) is 5.95 Å². The van der Waals surface area contributed by atoms with Crippen LogP contribution in [0.15, 0.2) is 46.4 Å². The molecule has 0 aliphatic heterocycles. The minimum atomic E-state index is -2.66. The van der Waals surface area contributed by atoms with Gasteiger partial charge in [-0.2, -0.15) is 15.2 Å². The normalized spacial score (nSPS) is 12.9. The van der Waals surface area contributed by atoms with Gasteiger partial charge in [-0.05, 0) is 12.1 Å². The van der Waals surface area contributed by atoms with Crippen molar-refractivity contribution >= 4 is 34.1 Å². The van der Waals surface area contributed by atoms with Gasteiger partial charge in [-0.25, -0.2) is 32.3 Å². The molecule has 0 spiro atoms. The van der Waals surface area contributed by atoms with Crippen LogP contribution in [-0.2, 0) is 27.1 Å². The number of halogens is 4. The van der Waals surface area contributed by atoms with Gasteiger partial charge in [0.05, 0.1) is 29.3 Å². The minimum absolute atomic E-state index is 0.134. The third kappa shape index (κ3) is 4.70. The Labute approximate surface area is 214 Å². The first-order valence-corrected chi connectivity index (χ1v) is 10.8. The molecule has 0 saturated carbocycles. The summed E-state index contributed by atoms with van der Waals surface area (Å²) in [5.41, 5.74) is -2.14. The summed E-state index contributed by atoms with van der Waals surface area (Å²) in [6.45, 7) is -4.07. The number of benzene rings is 2. The zero-order valence-corrected chi connectivity index (χ0v) is 19.5. The van der Waals surface area contributed by atoms with Gasteiger partial charge in [0.15, 0.2) is 5.82 Å². The molecule has 3 aromatic heterocycles. The standard InChI is InChI=1S/C22H17ClF3N9O2/c1-32-7-11-3-18(14(23)6-17(11)30-32)28-20-29-21(36)35(9-19-27-10-33(2)31-19)22(37)34(20)8-13-15(25)4-12(24)5-16(13)26/h3-7,10H,8-9H2,1-2H3,(H,28,29,36)/i2D3. The van der Waals surface area contributed by atoms with Crippen molar-refractivity contribution in [2.24, 2.45) is 14.0 Å². The van der Waals surface area contributed by atoms with Crippen molar-refractivity contribution in [3.63, 3.8) is 0 Å². The lowest BCUT2D eigenvalue weighted by Crippen LogP contribution is -2.43. The summed E-state index contributed by atoms with van der Waals surface area (Å²) in [4.78, 5) is 34.1. The second-order valence-electron chi connectivity index (χ2n) is 7.94. The smallest absolute Gasteiger partial charge is 0.324 e. The van der Waals surface area contributed by atoms with Gasteiger partial charge in [0, 0.05) is 47.4 Å². The van der Waals surface area contributed by atoms with Gasteiger partial charge in [0.25, 0.3) is 0 Å². The number of hydrogen-bond acceptors (Lipinski definition) is 7. The largest absolute Gasteiger partial charge is 0.355 e. The maximum Gasteiger partial charge on any atom is 0.355 e.